The number of hydrogen-bond acceptors (Lipinski definition) is 4. The van der Waals surface area contributed by atoms with E-state index >= 15 is 0 Å². The largest absolute Gasteiger partial charge is 0.465 e. The molecule has 2 atom stereocenters. The van der Waals surface area contributed by atoms with Gasteiger partial charge in [-0.3, -0.25) is 4.98 Å². The maximum Gasteiger partial charge on any atom is 0.337 e. The number of rotatable bonds is 5. The number of hydrogen-bond donors (Lipinski definition) is 1. The van der Waals surface area contributed by atoms with Crippen LogP contribution in [-0.4, -0.2) is 27.7 Å². The van der Waals surface area contributed by atoms with Crippen molar-refractivity contribution in [1.82, 2.24) is 14.9 Å². The first-order valence-electron chi connectivity index (χ1n) is 11.9. The molecule has 37 heavy (non-hydrogen) atoms. The molecule has 8 heteroatoms. The maximum absolute atomic E-state index is 12.2. The van der Waals surface area contributed by atoms with Crippen LogP contribution in [0.1, 0.15) is 50.7 Å². The van der Waals surface area contributed by atoms with Crippen LogP contribution in [0.3, 0.4) is 0 Å². The van der Waals surface area contributed by atoms with Crippen molar-refractivity contribution in [2.45, 2.75) is 32.9 Å². The minimum Gasteiger partial charge on any atom is -0.465 e. The highest BCUT2D eigenvalue weighted by Gasteiger charge is 2.42. The molecule has 1 saturated heterocycles. The monoisotopic (exact) mass is 574 g/mol. The summed E-state index contributed by atoms with van der Waals surface area (Å²) in [5, 5.41) is 4.19. The summed E-state index contributed by atoms with van der Waals surface area (Å²) in [6, 6.07) is 21.7. The molecule has 0 radical (unpaired) electrons. The number of aryl methyl sites for hydroxylation is 2. The van der Waals surface area contributed by atoms with Gasteiger partial charge in [0.2, 0.25) is 0 Å². The van der Waals surface area contributed by atoms with Crippen molar-refractivity contribution in [3.8, 4) is 5.69 Å². The van der Waals surface area contributed by atoms with Crippen molar-refractivity contribution in [3.63, 3.8) is 0 Å². The van der Waals surface area contributed by atoms with E-state index in [9.17, 15) is 4.79 Å². The zero-order valence-corrected chi connectivity index (χ0v) is 23.4. The van der Waals surface area contributed by atoms with Crippen molar-refractivity contribution in [2.24, 2.45) is 0 Å². The lowest BCUT2D eigenvalue weighted by atomic mass is 9.96. The van der Waals surface area contributed by atoms with E-state index in [-0.39, 0.29) is 18.1 Å². The van der Waals surface area contributed by atoms with Crippen molar-refractivity contribution < 1.29 is 9.53 Å². The summed E-state index contributed by atoms with van der Waals surface area (Å²) in [6.07, 6.45) is 1.81. The van der Waals surface area contributed by atoms with Crippen LogP contribution in [0.15, 0.2) is 77.4 Å². The average molecular weight is 576 g/mol. The number of benzene rings is 2. The predicted molar refractivity (Wildman–Crippen MR) is 153 cm³/mol. The number of methoxy groups -OCH3 is 1. The van der Waals surface area contributed by atoms with Gasteiger partial charge in [-0.1, -0.05) is 28.1 Å². The lowest BCUT2D eigenvalue weighted by Crippen LogP contribution is -2.29. The summed E-state index contributed by atoms with van der Waals surface area (Å²) in [7, 11) is 1.39. The van der Waals surface area contributed by atoms with E-state index < -0.39 is 0 Å². The van der Waals surface area contributed by atoms with E-state index in [4.69, 9.17) is 17.0 Å². The molecule has 3 heterocycles. The lowest BCUT2D eigenvalue weighted by Gasteiger charge is -2.28. The van der Waals surface area contributed by atoms with Gasteiger partial charge in [0.05, 0.1) is 30.5 Å². The van der Waals surface area contributed by atoms with Crippen LogP contribution >= 0.6 is 28.1 Å². The molecule has 4 aromatic rings. The lowest BCUT2D eigenvalue weighted by molar-refractivity contribution is 0.0600. The zero-order chi connectivity index (χ0) is 26.3. The molecule has 188 valence electrons. The Morgan fingerprint density at radius 3 is 2.54 bits per heavy atom. The molecule has 0 spiro atoms. The zero-order valence-electron chi connectivity index (χ0n) is 21.0. The summed E-state index contributed by atoms with van der Waals surface area (Å²) in [5.41, 5.74) is 7.72. The summed E-state index contributed by atoms with van der Waals surface area (Å²) >= 11 is 9.53. The Kier molecular flexibility index (Phi) is 6.88. The standard InChI is InChI=1S/C29H27BrN4O2S/c1-17-14-22(11-12-24(17)30)34-27(26(32-29(34)37)25-10-5-6-13-31-25)23-15-18(2)33(19(23)3)21-9-7-8-20(16-21)28(35)36-4/h5-16,26-27H,1-4H3,(H,32,37)/t26-,27+/m0/s1. The molecule has 1 N–H and O–H groups in total. The number of aromatic nitrogens is 2. The number of halogens is 1. The van der Waals surface area contributed by atoms with E-state index in [1.807, 2.05) is 42.6 Å². The third-order valence-corrected chi connectivity index (χ3v) is 8.04. The summed E-state index contributed by atoms with van der Waals surface area (Å²) in [6.45, 7) is 6.26. The minimum atomic E-state index is -0.359. The highest BCUT2D eigenvalue weighted by molar-refractivity contribution is 9.10. The molecule has 1 aliphatic heterocycles. The second-order valence-electron chi connectivity index (χ2n) is 9.13. The van der Waals surface area contributed by atoms with Gasteiger partial charge in [-0.25, -0.2) is 4.79 Å². The van der Waals surface area contributed by atoms with Crippen LogP contribution in [0.4, 0.5) is 5.69 Å². The number of thiocarbonyl (C=S) groups is 1. The average Bonchev–Trinajstić information content (AvgIpc) is 3.40. The predicted octanol–water partition coefficient (Wildman–Crippen LogP) is 6.52. The van der Waals surface area contributed by atoms with Gasteiger partial charge in [0, 0.05) is 33.4 Å². The molecular weight excluding hydrogens is 548 g/mol. The molecule has 1 fully saturated rings. The topological polar surface area (TPSA) is 59.4 Å². The molecule has 0 saturated carbocycles. The Morgan fingerprint density at radius 2 is 1.84 bits per heavy atom. The summed E-state index contributed by atoms with van der Waals surface area (Å²) in [4.78, 5) is 19.1. The molecule has 0 bridgehead atoms. The number of pyridine rings is 1. The number of esters is 1. The number of carbonyl (C=O) groups excluding carboxylic acids is 1. The minimum absolute atomic E-state index is 0.133. The first kappa shape index (κ1) is 25.2. The van der Waals surface area contributed by atoms with Crippen LogP contribution in [0.25, 0.3) is 5.69 Å². The van der Waals surface area contributed by atoms with Gasteiger partial charge in [-0.2, -0.15) is 0 Å². The van der Waals surface area contributed by atoms with E-state index in [0.29, 0.717) is 10.7 Å². The number of carbonyl (C=O) groups is 1. The van der Waals surface area contributed by atoms with E-state index in [1.165, 1.54) is 7.11 Å². The number of anilines is 1. The fourth-order valence-electron chi connectivity index (χ4n) is 5.10. The van der Waals surface area contributed by atoms with Gasteiger partial charge in [0.1, 0.15) is 0 Å². The van der Waals surface area contributed by atoms with Crippen LogP contribution in [0.2, 0.25) is 0 Å². The third-order valence-electron chi connectivity index (χ3n) is 6.83. The molecule has 2 aromatic heterocycles. The van der Waals surface area contributed by atoms with Crippen molar-refractivity contribution in [1.29, 1.82) is 0 Å². The normalized spacial score (nSPS) is 17.1. The second kappa shape index (κ2) is 10.1. The van der Waals surface area contributed by atoms with Crippen LogP contribution in [0.5, 0.6) is 0 Å². The first-order chi connectivity index (χ1) is 17.8. The fourth-order valence-corrected chi connectivity index (χ4v) is 5.69. The quantitative estimate of drug-likeness (QED) is 0.216. The van der Waals surface area contributed by atoms with Crippen LogP contribution in [0, 0.1) is 20.8 Å². The Morgan fingerprint density at radius 1 is 1.03 bits per heavy atom. The molecule has 6 nitrogen and oxygen atoms in total. The number of nitrogens with zero attached hydrogens (tertiary/aromatic N) is 3. The number of ether oxygens (including phenoxy) is 1. The van der Waals surface area contributed by atoms with Crippen LogP contribution < -0.4 is 10.2 Å². The van der Waals surface area contributed by atoms with Crippen molar-refractivity contribution in [3.05, 3.63) is 111 Å². The van der Waals surface area contributed by atoms with Gasteiger partial charge in [-0.15, -0.1) is 0 Å². The van der Waals surface area contributed by atoms with Crippen LogP contribution in [-0.2, 0) is 4.74 Å². The Bertz CT molecular complexity index is 1500. The maximum atomic E-state index is 12.2. The van der Waals surface area contributed by atoms with E-state index in [2.05, 4.69) is 80.7 Å². The highest BCUT2D eigenvalue weighted by Crippen LogP contribution is 2.44. The van der Waals surface area contributed by atoms with E-state index in [0.717, 1.165) is 44.1 Å². The molecule has 0 amide bonds. The Hall–Kier alpha value is -3.49. The van der Waals surface area contributed by atoms with Crippen molar-refractivity contribution >= 4 is 44.9 Å². The fraction of sp³-hybridized carbons (Fsp3) is 0.207. The smallest absolute Gasteiger partial charge is 0.337 e. The number of nitrogens with one attached hydrogen (secondary N) is 1. The van der Waals surface area contributed by atoms with Gasteiger partial charge >= 0.3 is 5.97 Å². The third kappa shape index (κ3) is 4.55. The summed E-state index contributed by atoms with van der Waals surface area (Å²) in [5.74, 6) is -0.359. The SMILES string of the molecule is COC(=O)c1cccc(-n2c(C)cc([C@@H]3[C@H](c4ccccn4)NC(=S)N3c3ccc(Br)c(C)c3)c2C)c1. The van der Waals surface area contributed by atoms with Gasteiger partial charge in [0.15, 0.2) is 5.11 Å². The molecule has 2 aromatic carbocycles. The van der Waals surface area contributed by atoms with E-state index in [1.54, 1.807) is 6.07 Å². The van der Waals surface area contributed by atoms with Gasteiger partial charge in [0.25, 0.3) is 0 Å². The van der Waals surface area contributed by atoms with Crippen molar-refractivity contribution in [2.75, 3.05) is 12.0 Å². The highest BCUT2D eigenvalue weighted by atomic mass is 79.9. The van der Waals surface area contributed by atoms with Gasteiger partial charge < -0.3 is 19.5 Å². The molecule has 1 aliphatic rings. The Labute approximate surface area is 230 Å². The molecular formula is C29H27BrN4O2S. The molecule has 5 rings (SSSR count). The molecule has 0 unspecified atom stereocenters. The Balaban J connectivity index is 1.67. The summed E-state index contributed by atoms with van der Waals surface area (Å²) < 4.78 is 8.16. The van der Waals surface area contributed by atoms with Gasteiger partial charge in [-0.05, 0) is 98.7 Å². The second-order valence-corrected chi connectivity index (χ2v) is 10.4. The first-order valence-corrected chi connectivity index (χ1v) is 13.1. The molecule has 0 aliphatic carbocycles.